The molecule has 24 heavy (non-hydrogen) atoms. The highest BCUT2D eigenvalue weighted by Gasteiger charge is 2.28. The second-order valence-corrected chi connectivity index (χ2v) is 7.16. The topological polar surface area (TPSA) is 95.9 Å². The van der Waals surface area contributed by atoms with E-state index >= 15 is 0 Å². The van der Waals surface area contributed by atoms with Crippen LogP contribution in [-0.2, 0) is 0 Å². The molecule has 2 amide bonds. The number of rotatable bonds is 4. The van der Waals surface area contributed by atoms with Crippen LogP contribution in [0.15, 0.2) is 18.5 Å². The summed E-state index contributed by atoms with van der Waals surface area (Å²) in [5.74, 6) is 1.27. The molecule has 1 aliphatic carbocycles. The predicted molar refractivity (Wildman–Crippen MR) is 91.3 cm³/mol. The van der Waals surface area contributed by atoms with Crippen molar-refractivity contribution >= 4 is 28.4 Å². The molecule has 2 N–H and O–H groups in total. The van der Waals surface area contributed by atoms with Crippen LogP contribution in [0.2, 0.25) is 0 Å². The molecule has 1 saturated heterocycles. The number of anilines is 2. The number of piperidine rings is 1. The van der Waals surface area contributed by atoms with E-state index in [-0.39, 0.29) is 12.1 Å². The summed E-state index contributed by atoms with van der Waals surface area (Å²) in [6.07, 6.45) is 7.77. The monoisotopic (exact) mass is 345 g/mol. The Balaban J connectivity index is 1.31. The Labute approximate surface area is 143 Å². The number of carbonyl (C=O) groups is 1. The highest BCUT2D eigenvalue weighted by molar-refractivity contribution is 7.15. The number of nitrogens with zero attached hydrogens (tertiary/aromatic N) is 5. The zero-order valence-electron chi connectivity index (χ0n) is 13.2. The first-order valence-corrected chi connectivity index (χ1v) is 9.02. The Morgan fingerprint density at radius 3 is 2.83 bits per heavy atom. The van der Waals surface area contributed by atoms with E-state index in [2.05, 4.69) is 35.7 Å². The van der Waals surface area contributed by atoms with Gasteiger partial charge in [0.15, 0.2) is 0 Å². The van der Waals surface area contributed by atoms with Gasteiger partial charge in [-0.15, -0.1) is 10.2 Å². The van der Waals surface area contributed by atoms with Gasteiger partial charge in [0.2, 0.25) is 11.1 Å². The molecule has 1 aliphatic heterocycles. The van der Waals surface area contributed by atoms with Crippen molar-refractivity contribution in [1.29, 1.82) is 0 Å². The van der Waals surface area contributed by atoms with Gasteiger partial charge in [-0.1, -0.05) is 11.3 Å². The van der Waals surface area contributed by atoms with Gasteiger partial charge in [-0.3, -0.25) is 5.32 Å². The molecule has 0 radical (unpaired) electrons. The summed E-state index contributed by atoms with van der Waals surface area (Å²) in [4.78, 5) is 22.8. The lowest BCUT2D eigenvalue weighted by molar-refractivity contribution is 0.246. The number of aromatic nitrogens is 4. The van der Waals surface area contributed by atoms with E-state index in [1.165, 1.54) is 24.2 Å². The summed E-state index contributed by atoms with van der Waals surface area (Å²) >= 11 is 1.47. The fraction of sp³-hybridized carbons (Fsp3) is 0.533. The van der Waals surface area contributed by atoms with Crippen molar-refractivity contribution in [2.45, 2.75) is 37.6 Å². The van der Waals surface area contributed by atoms with Gasteiger partial charge in [-0.05, 0) is 31.7 Å². The molecular weight excluding hydrogens is 326 g/mol. The third kappa shape index (κ3) is 3.61. The minimum atomic E-state index is -0.227. The molecule has 1 saturated carbocycles. The van der Waals surface area contributed by atoms with Crippen molar-refractivity contribution in [3.63, 3.8) is 0 Å². The van der Waals surface area contributed by atoms with E-state index in [0.717, 1.165) is 24.4 Å². The second kappa shape index (κ2) is 6.68. The number of urea groups is 1. The predicted octanol–water partition coefficient (Wildman–Crippen LogP) is 2.00. The van der Waals surface area contributed by atoms with Crippen molar-refractivity contribution in [2.75, 3.05) is 23.3 Å². The maximum atomic E-state index is 12.2. The van der Waals surface area contributed by atoms with E-state index in [1.807, 2.05) is 0 Å². The second-order valence-electron chi connectivity index (χ2n) is 6.15. The number of hydrogen-bond donors (Lipinski definition) is 2. The first-order chi connectivity index (χ1) is 11.8. The van der Waals surface area contributed by atoms with Crippen LogP contribution in [0.3, 0.4) is 0 Å². The molecular formula is C15H19N7OS. The summed E-state index contributed by atoms with van der Waals surface area (Å²) in [5, 5.41) is 15.6. The Kier molecular flexibility index (Phi) is 4.24. The van der Waals surface area contributed by atoms with Gasteiger partial charge >= 0.3 is 6.03 Å². The van der Waals surface area contributed by atoms with Crippen LogP contribution >= 0.6 is 11.3 Å². The van der Waals surface area contributed by atoms with Crippen LogP contribution in [-0.4, -0.2) is 45.3 Å². The smallest absolute Gasteiger partial charge is 0.321 e. The van der Waals surface area contributed by atoms with E-state index in [1.54, 1.807) is 18.5 Å². The van der Waals surface area contributed by atoms with Crippen molar-refractivity contribution in [1.82, 2.24) is 25.5 Å². The number of hydrogen-bond acceptors (Lipinski definition) is 7. The third-order valence-electron chi connectivity index (χ3n) is 4.18. The fourth-order valence-electron chi connectivity index (χ4n) is 2.83. The highest BCUT2D eigenvalue weighted by atomic mass is 32.1. The number of carbonyl (C=O) groups excluding carboxylic acids is 1. The van der Waals surface area contributed by atoms with E-state index < -0.39 is 0 Å². The Morgan fingerprint density at radius 2 is 2.04 bits per heavy atom. The van der Waals surface area contributed by atoms with Gasteiger partial charge in [0, 0.05) is 37.4 Å². The minimum Gasteiger partial charge on any atom is -0.339 e. The zero-order chi connectivity index (χ0) is 16.4. The first-order valence-electron chi connectivity index (χ1n) is 8.21. The standard InChI is InChI=1S/C15H19N7OS/c23-14(19-15-21-20-12(24-15)10-4-5-10)18-11-3-1-8-22(9-11)13-16-6-2-7-17-13/h2,6-7,10-11H,1,3-5,8-9H2,(H2,18,19,21,23)/t11-/m0/s1. The van der Waals surface area contributed by atoms with Crippen LogP contribution < -0.4 is 15.5 Å². The van der Waals surface area contributed by atoms with Gasteiger partial charge in [0.1, 0.15) is 5.01 Å². The Morgan fingerprint density at radius 1 is 1.21 bits per heavy atom. The first kappa shape index (κ1) is 15.3. The largest absolute Gasteiger partial charge is 0.339 e. The van der Waals surface area contributed by atoms with Gasteiger partial charge in [0.05, 0.1) is 0 Å². The van der Waals surface area contributed by atoms with Crippen molar-refractivity contribution in [2.24, 2.45) is 0 Å². The number of amides is 2. The lowest BCUT2D eigenvalue weighted by Crippen LogP contribution is -2.49. The maximum Gasteiger partial charge on any atom is 0.321 e. The molecule has 4 rings (SSSR count). The van der Waals surface area contributed by atoms with Crippen LogP contribution in [0.5, 0.6) is 0 Å². The Bertz CT molecular complexity index is 703. The molecule has 126 valence electrons. The summed E-state index contributed by atoms with van der Waals surface area (Å²) in [7, 11) is 0. The summed E-state index contributed by atoms with van der Waals surface area (Å²) in [5.41, 5.74) is 0. The Hall–Kier alpha value is -2.29. The van der Waals surface area contributed by atoms with Gasteiger partial charge in [-0.25, -0.2) is 14.8 Å². The molecule has 2 fully saturated rings. The highest BCUT2D eigenvalue weighted by Crippen LogP contribution is 2.42. The molecule has 1 atom stereocenters. The van der Waals surface area contributed by atoms with Crippen LogP contribution in [0, 0.1) is 0 Å². The van der Waals surface area contributed by atoms with Crippen LogP contribution in [0.1, 0.15) is 36.6 Å². The third-order valence-corrected chi connectivity index (χ3v) is 5.18. The SMILES string of the molecule is O=C(Nc1nnc(C2CC2)s1)N[C@H]1CCCN(c2ncccn2)C1. The molecule has 2 aromatic heterocycles. The van der Waals surface area contributed by atoms with Gasteiger partial charge in [-0.2, -0.15) is 0 Å². The molecule has 0 spiro atoms. The molecule has 2 aliphatic rings. The molecule has 9 heteroatoms. The maximum absolute atomic E-state index is 12.2. The normalized spacial score (nSPS) is 20.7. The molecule has 0 unspecified atom stereocenters. The summed E-state index contributed by atoms with van der Waals surface area (Å²) in [6.45, 7) is 1.62. The molecule has 0 bridgehead atoms. The van der Waals surface area contributed by atoms with Crippen molar-refractivity contribution in [3.8, 4) is 0 Å². The average molecular weight is 345 g/mol. The van der Waals surface area contributed by atoms with E-state index in [0.29, 0.717) is 23.5 Å². The summed E-state index contributed by atoms with van der Waals surface area (Å²) < 4.78 is 0. The lowest BCUT2D eigenvalue weighted by atomic mass is 10.1. The van der Waals surface area contributed by atoms with Crippen LogP contribution in [0.4, 0.5) is 15.9 Å². The van der Waals surface area contributed by atoms with Gasteiger partial charge < -0.3 is 10.2 Å². The molecule has 2 aromatic rings. The van der Waals surface area contributed by atoms with E-state index in [4.69, 9.17) is 0 Å². The average Bonchev–Trinajstić information content (AvgIpc) is 3.36. The zero-order valence-corrected chi connectivity index (χ0v) is 14.0. The molecule has 0 aromatic carbocycles. The van der Waals surface area contributed by atoms with E-state index in [9.17, 15) is 4.79 Å². The molecule has 3 heterocycles. The quantitative estimate of drug-likeness (QED) is 0.880. The van der Waals surface area contributed by atoms with Crippen molar-refractivity contribution in [3.05, 3.63) is 23.5 Å². The summed E-state index contributed by atoms with van der Waals surface area (Å²) in [6, 6.07) is 1.64. The number of nitrogens with one attached hydrogen (secondary N) is 2. The fourth-order valence-corrected chi connectivity index (χ4v) is 3.74. The minimum absolute atomic E-state index is 0.0679. The molecule has 8 nitrogen and oxygen atoms in total. The lowest BCUT2D eigenvalue weighted by Gasteiger charge is -2.32. The van der Waals surface area contributed by atoms with Crippen molar-refractivity contribution < 1.29 is 4.79 Å². The van der Waals surface area contributed by atoms with Gasteiger partial charge in [0.25, 0.3) is 0 Å². The van der Waals surface area contributed by atoms with Crippen LogP contribution in [0.25, 0.3) is 0 Å².